The van der Waals surface area contributed by atoms with Crippen molar-refractivity contribution in [3.63, 3.8) is 0 Å². The van der Waals surface area contributed by atoms with E-state index < -0.39 is 5.91 Å². The molecule has 2 aromatic rings. The molecule has 0 unspecified atom stereocenters. The molecule has 0 spiro atoms. The van der Waals surface area contributed by atoms with Crippen molar-refractivity contribution < 1.29 is 9.59 Å². The van der Waals surface area contributed by atoms with Crippen LogP contribution in [0.1, 0.15) is 25.0 Å². The minimum Gasteiger partial charge on any atom is -0.327 e. The van der Waals surface area contributed by atoms with Crippen LogP contribution in [0.4, 0.5) is 0 Å². The highest BCUT2D eigenvalue weighted by Gasteiger charge is 2.62. The van der Waals surface area contributed by atoms with Crippen molar-refractivity contribution in [2.75, 3.05) is 13.1 Å². The highest BCUT2D eigenvalue weighted by molar-refractivity contribution is 6.35. The van der Waals surface area contributed by atoms with Gasteiger partial charge in [0.25, 0.3) is 0 Å². The summed E-state index contributed by atoms with van der Waals surface area (Å²) in [6.45, 7) is 1.47. The molecule has 0 N–H and O–H groups in total. The van der Waals surface area contributed by atoms with Crippen molar-refractivity contribution in [1.29, 1.82) is 0 Å². The number of hydrogen-bond donors (Lipinski definition) is 0. The lowest BCUT2D eigenvalue weighted by Gasteiger charge is -2.66. The molecular weight excluding hydrogens is 320 g/mol. The van der Waals surface area contributed by atoms with Crippen molar-refractivity contribution >= 4 is 11.8 Å². The number of carbonyl (C=O) groups excluding carboxylic acids is 2. The van der Waals surface area contributed by atoms with E-state index in [1.54, 1.807) is 28.2 Å². The van der Waals surface area contributed by atoms with E-state index in [0.29, 0.717) is 25.3 Å². The lowest BCUT2D eigenvalue weighted by atomic mass is 9.49. The number of aromatic nitrogens is 4. The summed E-state index contributed by atoms with van der Waals surface area (Å²) in [5, 5.41) is 8.19. The van der Waals surface area contributed by atoms with Crippen molar-refractivity contribution in [3.8, 4) is 5.69 Å². The van der Waals surface area contributed by atoms with Crippen LogP contribution in [-0.4, -0.2) is 60.2 Å². The van der Waals surface area contributed by atoms with Gasteiger partial charge in [0.2, 0.25) is 0 Å². The van der Waals surface area contributed by atoms with Gasteiger partial charge in [-0.25, -0.2) is 4.68 Å². The molecule has 2 bridgehead atoms. The van der Waals surface area contributed by atoms with Gasteiger partial charge in [-0.3, -0.25) is 14.6 Å². The summed E-state index contributed by atoms with van der Waals surface area (Å²) in [4.78, 5) is 32.4. The minimum absolute atomic E-state index is 0.00689. The molecule has 1 aliphatic heterocycles. The average molecular weight is 338 g/mol. The van der Waals surface area contributed by atoms with E-state index in [1.165, 1.54) is 0 Å². The summed E-state index contributed by atoms with van der Waals surface area (Å²) in [7, 11) is 0. The Morgan fingerprint density at radius 2 is 2.00 bits per heavy atom. The molecule has 2 aromatic heterocycles. The maximum Gasteiger partial charge on any atom is 0.312 e. The normalized spacial score (nSPS) is 27.9. The first-order chi connectivity index (χ1) is 12.1. The smallest absolute Gasteiger partial charge is 0.312 e. The average Bonchev–Trinajstić information content (AvgIpc) is 3.01. The summed E-state index contributed by atoms with van der Waals surface area (Å²) >= 11 is 0. The quantitative estimate of drug-likeness (QED) is 0.753. The molecule has 8 heteroatoms. The summed E-state index contributed by atoms with van der Waals surface area (Å²) < 4.78 is 1.62. The molecule has 3 heterocycles. The van der Waals surface area contributed by atoms with E-state index in [4.69, 9.17) is 0 Å². The number of nitrogens with zero attached hydrogens (tertiary/aromatic N) is 6. The van der Waals surface area contributed by atoms with Crippen LogP contribution in [0, 0.1) is 5.92 Å². The zero-order valence-corrected chi connectivity index (χ0v) is 13.7. The van der Waals surface area contributed by atoms with Gasteiger partial charge in [-0.2, -0.15) is 0 Å². The van der Waals surface area contributed by atoms with Crippen LogP contribution in [0.3, 0.4) is 0 Å². The Labute approximate surface area is 144 Å². The number of amides is 2. The van der Waals surface area contributed by atoms with Crippen LogP contribution in [0.15, 0.2) is 30.7 Å². The molecule has 6 rings (SSSR count). The van der Waals surface area contributed by atoms with E-state index in [1.807, 2.05) is 17.0 Å². The molecule has 0 atom stereocenters. The van der Waals surface area contributed by atoms with E-state index in [0.717, 1.165) is 30.9 Å². The maximum atomic E-state index is 12.5. The van der Waals surface area contributed by atoms with Crippen LogP contribution in [-0.2, 0) is 16.1 Å². The molecule has 0 aromatic carbocycles. The van der Waals surface area contributed by atoms with Crippen molar-refractivity contribution in [2.45, 2.75) is 31.3 Å². The Bertz CT molecular complexity index is 831. The Balaban J connectivity index is 1.28. The number of pyridine rings is 1. The molecule has 128 valence electrons. The van der Waals surface area contributed by atoms with Gasteiger partial charge in [-0.05, 0) is 37.3 Å². The largest absolute Gasteiger partial charge is 0.327 e. The SMILES string of the molecule is O=C1C(=O)N(C23CC(C2)C3)CCN1Cc1cn(-c2cccnc2)nn1. The van der Waals surface area contributed by atoms with Crippen molar-refractivity contribution in [1.82, 2.24) is 29.8 Å². The third-order valence-corrected chi connectivity index (χ3v) is 5.69. The highest BCUT2D eigenvalue weighted by atomic mass is 16.2. The standard InChI is InChI=1S/C17H18N6O2/c24-15-16(25)22(17-6-12(7-17)8-17)5-4-21(15)10-13-11-23(20-19-13)14-2-1-3-18-9-14/h1-3,9,11-12H,4-8,10H2. The summed E-state index contributed by atoms with van der Waals surface area (Å²) in [6.07, 6.45) is 8.37. The second-order valence-corrected chi connectivity index (χ2v) is 7.25. The molecule has 2 amide bonds. The van der Waals surface area contributed by atoms with E-state index in [-0.39, 0.29) is 11.4 Å². The van der Waals surface area contributed by atoms with Crippen LogP contribution in [0.25, 0.3) is 5.69 Å². The van der Waals surface area contributed by atoms with Gasteiger partial charge in [-0.1, -0.05) is 5.21 Å². The molecule has 25 heavy (non-hydrogen) atoms. The van der Waals surface area contributed by atoms with Gasteiger partial charge >= 0.3 is 11.8 Å². The molecule has 8 nitrogen and oxygen atoms in total. The summed E-state index contributed by atoms with van der Waals surface area (Å²) in [6, 6.07) is 3.70. The minimum atomic E-state index is -0.424. The Morgan fingerprint density at radius 1 is 1.16 bits per heavy atom. The van der Waals surface area contributed by atoms with E-state index in [2.05, 4.69) is 15.3 Å². The van der Waals surface area contributed by atoms with Gasteiger partial charge in [0.05, 0.1) is 24.6 Å². The lowest BCUT2D eigenvalue weighted by molar-refractivity contribution is -0.186. The molecule has 3 saturated carbocycles. The second kappa shape index (κ2) is 5.11. The molecule has 3 aliphatic carbocycles. The van der Waals surface area contributed by atoms with Crippen LogP contribution in [0.5, 0.6) is 0 Å². The highest BCUT2D eigenvalue weighted by Crippen LogP contribution is 2.60. The zero-order valence-electron chi connectivity index (χ0n) is 13.7. The molecule has 0 radical (unpaired) electrons. The third-order valence-electron chi connectivity index (χ3n) is 5.69. The number of rotatable bonds is 4. The van der Waals surface area contributed by atoms with Gasteiger partial charge in [0.1, 0.15) is 5.69 Å². The van der Waals surface area contributed by atoms with Crippen LogP contribution in [0.2, 0.25) is 0 Å². The second-order valence-electron chi connectivity index (χ2n) is 7.25. The molecule has 4 aliphatic rings. The number of carbonyl (C=O) groups is 2. The molecule has 1 saturated heterocycles. The predicted molar refractivity (Wildman–Crippen MR) is 86.4 cm³/mol. The van der Waals surface area contributed by atoms with Crippen molar-refractivity contribution in [3.05, 3.63) is 36.4 Å². The number of hydrogen-bond acceptors (Lipinski definition) is 5. The Hall–Kier alpha value is -2.77. The first-order valence-electron chi connectivity index (χ1n) is 8.57. The zero-order chi connectivity index (χ0) is 17.0. The first kappa shape index (κ1) is 14.6. The number of piperazine rings is 1. The van der Waals surface area contributed by atoms with Gasteiger partial charge in [0.15, 0.2) is 0 Å². The topological polar surface area (TPSA) is 84.2 Å². The molecule has 4 fully saturated rings. The summed E-state index contributed by atoms with van der Waals surface area (Å²) in [5.74, 6) is -0.000555. The fourth-order valence-corrected chi connectivity index (χ4v) is 4.22. The fourth-order valence-electron chi connectivity index (χ4n) is 4.22. The fraction of sp³-hybridized carbons (Fsp3) is 0.471. The molecular formula is C17H18N6O2. The third kappa shape index (κ3) is 2.16. The van der Waals surface area contributed by atoms with Gasteiger partial charge in [0, 0.05) is 24.8 Å². The van der Waals surface area contributed by atoms with Crippen molar-refractivity contribution in [2.24, 2.45) is 5.92 Å². The van der Waals surface area contributed by atoms with E-state index >= 15 is 0 Å². The van der Waals surface area contributed by atoms with Gasteiger partial charge < -0.3 is 9.80 Å². The monoisotopic (exact) mass is 338 g/mol. The maximum absolute atomic E-state index is 12.5. The lowest BCUT2D eigenvalue weighted by Crippen LogP contribution is -2.73. The van der Waals surface area contributed by atoms with Gasteiger partial charge in [-0.15, -0.1) is 5.10 Å². The Morgan fingerprint density at radius 3 is 2.68 bits per heavy atom. The first-order valence-corrected chi connectivity index (χ1v) is 8.57. The van der Waals surface area contributed by atoms with Crippen LogP contribution < -0.4 is 0 Å². The predicted octanol–water partition coefficient (Wildman–Crippen LogP) is 0.386. The summed E-state index contributed by atoms with van der Waals surface area (Å²) in [5.41, 5.74) is 1.47. The Kier molecular flexibility index (Phi) is 2.98. The van der Waals surface area contributed by atoms with E-state index in [9.17, 15) is 9.59 Å². The van der Waals surface area contributed by atoms with Crippen LogP contribution >= 0.6 is 0 Å².